The zero-order chi connectivity index (χ0) is 18.2. The van der Waals surface area contributed by atoms with Crippen LogP contribution in [0, 0.1) is 11.2 Å². The molecule has 2 aromatic rings. The maximum Gasteiger partial charge on any atom is 0.263 e. The van der Waals surface area contributed by atoms with Gasteiger partial charge in [-0.1, -0.05) is 44.5 Å². The van der Waals surface area contributed by atoms with Crippen LogP contribution in [0.2, 0.25) is 0 Å². The van der Waals surface area contributed by atoms with Crippen LogP contribution in [-0.4, -0.2) is 5.11 Å². The molecule has 0 saturated heterocycles. The Kier molecular flexibility index (Phi) is 4.92. The van der Waals surface area contributed by atoms with E-state index in [1.54, 1.807) is 12.1 Å². The first-order chi connectivity index (χ1) is 11.8. The van der Waals surface area contributed by atoms with Gasteiger partial charge in [0.15, 0.2) is 0 Å². The second-order valence-electron chi connectivity index (χ2n) is 7.55. The van der Waals surface area contributed by atoms with Gasteiger partial charge in [-0.2, -0.15) is 0 Å². The largest absolute Gasteiger partial charge is 0.392 e. The lowest BCUT2D eigenvalue weighted by molar-refractivity contribution is 0.151. The van der Waals surface area contributed by atoms with Crippen LogP contribution in [-0.2, 0) is 6.61 Å². The van der Waals surface area contributed by atoms with Crippen LogP contribution >= 0.6 is 0 Å². The predicted octanol–water partition coefficient (Wildman–Crippen LogP) is 6.22. The Labute approximate surface area is 146 Å². The molecule has 1 N–H and O–H groups in total. The van der Waals surface area contributed by atoms with Gasteiger partial charge in [-0.05, 0) is 53.0 Å². The van der Waals surface area contributed by atoms with Crippen molar-refractivity contribution in [3.8, 4) is 11.1 Å². The Hall–Kier alpha value is -1.81. The third kappa shape index (κ3) is 3.45. The van der Waals surface area contributed by atoms with Gasteiger partial charge in [0.05, 0.1) is 6.61 Å². The van der Waals surface area contributed by atoms with Gasteiger partial charge in [0.25, 0.3) is 6.43 Å². The zero-order valence-electron chi connectivity index (χ0n) is 14.5. The van der Waals surface area contributed by atoms with E-state index in [4.69, 9.17) is 0 Å². The smallest absolute Gasteiger partial charge is 0.263 e. The molecule has 0 amide bonds. The second kappa shape index (κ2) is 6.83. The van der Waals surface area contributed by atoms with Crippen LogP contribution in [0.1, 0.15) is 62.1 Å². The van der Waals surface area contributed by atoms with Gasteiger partial charge in [0, 0.05) is 11.1 Å². The summed E-state index contributed by atoms with van der Waals surface area (Å²) in [4.78, 5) is 0. The van der Waals surface area contributed by atoms with E-state index in [-0.39, 0.29) is 29.1 Å². The molecular formula is C21H23F3O. The van der Waals surface area contributed by atoms with E-state index in [9.17, 15) is 18.3 Å². The van der Waals surface area contributed by atoms with Gasteiger partial charge in [0.2, 0.25) is 0 Å². The fraction of sp³-hybridized carbons (Fsp3) is 0.429. The summed E-state index contributed by atoms with van der Waals surface area (Å²) in [6.07, 6.45) is 0.493. The molecule has 1 aliphatic rings. The molecule has 0 heterocycles. The molecule has 134 valence electrons. The van der Waals surface area contributed by atoms with E-state index < -0.39 is 12.2 Å². The van der Waals surface area contributed by atoms with E-state index in [2.05, 4.69) is 13.8 Å². The number of alkyl halides is 2. The van der Waals surface area contributed by atoms with E-state index >= 15 is 0 Å². The second-order valence-corrected chi connectivity index (χ2v) is 7.55. The Balaban J connectivity index is 2.18. The number of aliphatic hydroxyl groups excluding tert-OH is 1. The number of rotatable bonds is 4. The van der Waals surface area contributed by atoms with Crippen molar-refractivity contribution in [2.24, 2.45) is 5.41 Å². The van der Waals surface area contributed by atoms with Crippen molar-refractivity contribution in [1.29, 1.82) is 0 Å². The lowest BCUT2D eigenvalue weighted by Crippen LogP contribution is -2.16. The van der Waals surface area contributed by atoms with Gasteiger partial charge < -0.3 is 5.11 Å². The maximum atomic E-state index is 14.5. The quantitative estimate of drug-likeness (QED) is 0.696. The van der Waals surface area contributed by atoms with Crippen LogP contribution in [0.15, 0.2) is 36.4 Å². The summed E-state index contributed by atoms with van der Waals surface area (Å²) in [5.41, 5.74) is 2.43. The maximum absolute atomic E-state index is 14.5. The third-order valence-electron chi connectivity index (χ3n) is 5.46. The molecule has 25 heavy (non-hydrogen) atoms. The average Bonchev–Trinajstić information content (AvgIpc) is 2.93. The van der Waals surface area contributed by atoms with Crippen molar-refractivity contribution >= 4 is 0 Å². The van der Waals surface area contributed by atoms with Gasteiger partial charge in [-0.25, -0.2) is 13.2 Å². The van der Waals surface area contributed by atoms with Crippen molar-refractivity contribution in [2.45, 2.75) is 52.1 Å². The molecule has 1 atom stereocenters. The summed E-state index contributed by atoms with van der Waals surface area (Å²) in [6, 6.07) is 8.88. The van der Waals surface area contributed by atoms with Crippen LogP contribution in [0.5, 0.6) is 0 Å². The molecule has 4 heteroatoms. The minimum absolute atomic E-state index is 0.0552. The molecular weight excluding hydrogens is 325 g/mol. The minimum Gasteiger partial charge on any atom is -0.392 e. The number of hydrogen-bond acceptors (Lipinski definition) is 1. The van der Waals surface area contributed by atoms with Crippen molar-refractivity contribution in [2.75, 3.05) is 0 Å². The molecule has 1 unspecified atom stereocenters. The highest BCUT2D eigenvalue weighted by Gasteiger charge is 2.37. The highest BCUT2D eigenvalue weighted by molar-refractivity contribution is 5.70. The SMILES string of the molecule is CC1(C)CCCC1c1cc(CO)ccc1-c1cc(C(F)F)ccc1F. The molecule has 0 spiro atoms. The first-order valence-electron chi connectivity index (χ1n) is 8.65. The fourth-order valence-corrected chi connectivity index (χ4v) is 4.03. The molecule has 1 fully saturated rings. The molecule has 3 rings (SSSR count). The monoisotopic (exact) mass is 348 g/mol. The Morgan fingerprint density at radius 3 is 2.48 bits per heavy atom. The molecule has 1 aliphatic carbocycles. The first-order valence-corrected chi connectivity index (χ1v) is 8.65. The summed E-state index contributed by atoms with van der Waals surface area (Å²) in [5.74, 6) is -0.290. The van der Waals surface area contributed by atoms with Gasteiger partial charge in [-0.15, -0.1) is 0 Å². The molecule has 0 aromatic heterocycles. The molecule has 0 radical (unpaired) electrons. The van der Waals surface area contributed by atoms with Gasteiger partial charge in [0.1, 0.15) is 5.82 Å². The summed E-state index contributed by atoms with van der Waals surface area (Å²) in [6.45, 7) is 4.28. The molecule has 1 saturated carbocycles. The average molecular weight is 348 g/mol. The van der Waals surface area contributed by atoms with Crippen molar-refractivity contribution in [3.63, 3.8) is 0 Å². The lowest BCUT2D eigenvalue weighted by atomic mass is 9.75. The summed E-state index contributed by atoms with van der Waals surface area (Å²) >= 11 is 0. The lowest BCUT2D eigenvalue weighted by Gasteiger charge is -2.30. The normalized spacial score (nSPS) is 19.6. The zero-order valence-corrected chi connectivity index (χ0v) is 14.5. The van der Waals surface area contributed by atoms with Crippen LogP contribution < -0.4 is 0 Å². The molecule has 1 nitrogen and oxygen atoms in total. The topological polar surface area (TPSA) is 20.2 Å². The van der Waals surface area contributed by atoms with Gasteiger partial charge in [-0.3, -0.25) is 0 Å². The minimum atomic E-state index is -2.64. The van der Waals surface area contributed by atoms with Crippen LogP contribution in [0.4, 0.5) is 13.2 Å². The highest BCUT2D eigenvalue weighted by atomic mass is 19.3. The number of halogens is 3. The first kappa shape index (κ1) is 18.0. The predicted molar refractivity (Wildman–Crippen MR) is 93.1 cm³/mol. The van der Waals surface area contributed by atoms with E-state index in [1.165, 1.54) is 6.07 Å². The van der Waals surface area contributed by atoms with E-state index in [1.807, 2.05) is 6.07 Å². The van der Waals surface area contributed by atoms with Crippen molar-refractivity contribution in [3.05, 3.63) is 58.9 Å². The molecule has 2 aromatic carbocycles. The Morgan fingerprint density at radius 1 is 1.12 bits per heavy atom. The van der Waals surface area contributed by atoms with E-state index in [0.717, 1.165) is 42.5 Å². The van der Waals surface area contributed by atoms with Crippen LogP contribution in [0.3, 0.4) is 0 Å². The number of benzene rings is 2. The highest BCUT2D eigenvalue weighted by Crippen LogP contribution is 2.51. The van der Waals surface area contributed by atoms with Crippen LogP contribution in [0.25, 0.3) is 11.1 Å². The number of hydrogen-bond donors (Lipinski definition) is 1. The molecule has 0 aliphatic heterocycles. The summed E-state index contributed by atoms with van der Waals surface area (Å²) in [5, 5.41) is 9.49. The third-order valence-corrected chi connectivity index (χ3v) is 5.46. The van der Waals surface area contributed by atoms with Gasteiger partial charge >= 0.3 is 0 Å². The Bertz CT molecular complexity index is 768. The van der Waals surface area contributed by atoms with E-state index in [0.29, 0.717) is 5.56 Å². The number of aliphatic hydroxyl groups is 1. The standard InChI is InChI=1S/C21H23F3O/c1-21(2)9-3-4-18(21)16-10-13(12-25)5-7-15(16)17-11-14(20(23)24)6-8-19(17)22/h5-8,10-11,18,20,25H,3-4,9,12H2,1-2H3. The summed E-state index contributed by atoms with van der Waals surface area (Å²) in [7, 11) is 0. The van der Waals surface area contributed by atoms with Crippen molar-refractivity contribution < 1.29 is 18.3 Å². The Morgan fingerprint density at radius 2 is 1.88 bits per heavy atom. The van der Waals surface area contributed by atoms with Crippen molar-refractivity contribution in [1.82, 2.24) is 0 Å². The molecule has 0 bridgehead atoms. The summed E-state index contributed by atoms with van der Waals surface area (Å²) < 4.78 is 40.6. The fourth-order valence-electron chi connectivity index (χ4n) is 4.03.